The van der Waals surface area contributed by atoms with Gasteiger partial charge in [-0.25, -0.2) is 0 Å². The van der Waals surface area contributed by atoms with E-state index in [4.69, 9.17) is 0 Å². The maximum Gasteiger partial charge on any atom is 0.224 e. The molecule has 0 bridgehead atoms. The van der Waals surface area contributed by atoms with E-state index < -0.39 is 0 Å². The predicted octanol–water partition coefficient (Wildman–Crippen LogP) is 1.93. The topological polar surface area (TPSA) is 49.4 Å². The van der Waals surface area contributed by atoms with Gasteiger partial charge in [-0.15, -0.1) is 0 Å². The van der Waals surface area contributed by atoms with Gasteiger partial charge in [-0.2, -0.15) is 0 Å². The normalized spacial score (nSPS) is 19.6. The molecule has 0 radical (unpaired) electrons. The average Bonchev–Trinajstić information content (AvgIpc) is 2.47. The fourth-order valence-electron chi connectivity index (χ4n) is 2.55. The van der Waals surface area contributed by atoms with Crippen LogP contribution in [-0.4, -0.2) is 43.3 Å². The first-order valence-electron chi connectivity index (χ1n) is 6.83. The van der Waals surface area contributed by atoms with Crippen molar-refractivity contribution in [2.45, 2.75) is 12.8 Å². The van der Waals surface area contributed by atoms with E-state index in [1.54, 1.807) is 7.05 Å². The Morgan fingerprint density at radius 1 is 1.35 bits per heavy atom. The maximum atomic E-state index is 12.2. The van der Waals surface area contributed by atoms with Crippen LogP contribution in [0.1, 0.15) is 23.2 Å². The number of carbonyl (C=O) groups excluding carboxylic acids is 2. The molecule has 1 fully saturated rings. The van der Waals surface area contributed by atoms with Crippen LogP contribution in [-0.2, 0) is 4.79 Å². The molecule has 2 rings (SSSR count). The fourth-order valence-corrected chi connectivity index (χ4v) is 2.91. The zero-order valence-corrected chi connectivity index (χ0v) is 13.7. The lowest BCUT2D eigenvalue weighted by atomic mass is 9.96. The lowest BCUT2D eigenvalue weighted by Crippen LogP contribution is -2.44. The Balaban J connectivity index is 1.94. The molecule has 1 unspecified atom stereocenters. The molecule has 20 heavy (non-hydrogen) atoms. The molecule has 108 valence electrons. The summed E-state index contributed by atoms with van der Waals surface area (Å²) in [5, 5.41) is 2.70. The number of benzene rings is 1. The van der Waals surface area contributed by atoms with Gasteiger partial charge in [0.1, 0.15) is 0 Å². The number of piperidine rings is 1. The van der Waals surface area contributed by atoms with Crippen molar-refractivity contribution < 1.29 is 9.59 Å². The summed E-state index contributed by atoms with van der Waals surface area (Å²) in [7, 11) is 1.66. The van der Waals surface area contributed by atoms with E-state index in [-0.39, 0.29) is 17.6 Å². The molecule has 1 aliphatic heterocycles. The highest BCUT2D eigenvalue weighted by Crippen LogP contribution is 2.17. The van der Waals surface area contributed by atoms with Crippen molar-refractivity contribution in [1.29, 1.82) is 0 Å². The summed E-state index contributed by atoms with van der Waals surface area (Å²) in [5.74, 6) is 0.216. The molecule has 1 aromatic carbocycles. The zero-order chi connectivity index (χ0) is 14.5. The van der Waals surface area contributed by atoms with E-state index in [0.717, 1.165) is 28.5 Å². The molecule has 0 aromatic heterocycles. The molecule has 5 heteroatoms. The minimum Gasteiger partial charge on any atom is -0.359 e. The molecule has 1 aromatic rings. The van der Waals surface area contributed by atoms with Crippen LogP contribution < -0.4 is 5.32 Å². The minimum atomic E-state index is 0.0123. The molecular weight excluding hydrogens is 367 g/mol. The standard InChI is InChI=1S/C15H19IN2O2/c1-17-15(20)12-3-2-8-18(9-12)10-14(19)11-4-6-13(16)7-5-11/h4-7,12H,2-3,8-10H2,1H3,(H,17,20). The van der Waals surface area contributed by atoms with Crippen molar-refractivity contribution in [3.05, 3.63) is 33.4 Å². The van der Waals surface area contributed by atoms with Gasteiger partial charge in [0.25, 0.3) is 0 Å². The minimum absolute atomic E-state index is 0.0123. The number of ketones is 1. The van der Waals surface area contributed by atoms with E-state index in [1.165, 1.54) is 0 Å². The number of hydrogen-bond acceptors (Lipinski definition) is 3. The first-order valence-corrected chi connectivity index (χ1v) is 7.90. The third-order valence-corrected chi connectivity index (χ3v) is 4.38. The fraction of sp³-hybridized carbons (Fsp3) is 0.467. The molecular formula is C15H19IN2O2. The third kappa shape index (κ3) is 4.02. The van der Waals surface area contributed by atoms with Crippen LogP contribution in [0.3, 0.4) is 0 Å². The molecule has 0 saturated carbocycles. The van der Waals surface area contributed by atoms with Crippen LogP contribution in [0.5, 0.6) is 0 Å². The summed E-state index contributed by atoms with van der Waals surface area (Å²) in [6.07, 6.45) is 1.88. The summed E-state index contributed by atoms with van der Waals surface area (Å²) in [4.78, 5) is 26.0. The second kappa shape index (κ2) is 7.17. The van der Waals surface area contributed by atoms with Crippen molar-refractivity contribution in [3.8, 4) is 0 Å². The lowest BCUT2D eigenvalue weighted by Gasteiger charge is -2.31. The number of nitrogens with one attached hydrogen (secondary N) is 1. The number of amides is 1. The predicted molar refractivity (Wildman–Crippen MR) is 86.7 cm³/mol. The van der Waals surface area contributed by atoms with E-state index in [1.807, 2.05) is 24.3 Å². The molecule has 1 saturated heterocycles. The second-order valence-corrected chi connectivity index (χ2v) is 6.36. The van der Waals surface area contributed by atoms with Gasteiger partial charge in [0, 0.05) is 22.7 Å². The number of hydrogen-bond donors (Lipinski definition) is 1. The average molecular weight is 386 g/mol. The van der Waals surface area contributed by atoms with Gasteiger partial charge < -0.3 is 5.32 Å². The number of rotatable bonds is 4. The van der Waals surface area contributed by atoms with Crippen LogP contribution in [0.25, 0.3) is 0 Å². The van der Waals surface area contributed by atoms with E-state index in [9.17, 15) is 9.59 Å². The Labute approximate surface area is 133 Å². The molecule has 0 spiro atoms. The Bertz CT molecular complexity index is 487. The number of nitrogens with zero attached hydrogens (tertiary/aromatic N) is 1. The zero-order valence-electron chi connectivity index (χ0n) is 11.6. The first-order chi connectivity index (χ1) is 9.60. The number of Topliss-reactive ketones (excluding diaryl/α,β-unsaturated/α-hetero) is 1. The lowest BCUT2D eigenvalue weighted by molar-refractivity contribution is -0.126. The highest BCUT2D eigenvalue weighted by atomic mass is 127. The van der Waals surface area contributed by atoms with Crippen molar-refractivity contribution in [2.75, 3.05) is 26.7 Å². The van der Waals surface area contributed by atoms with Crippen molar-refractivity contribution >= 4 is 34.3 Å². The monoisotopic (exact) mass is 386 g/mol. The molecule has 0 aliphatic carbocycles. The largest absolute Gasteiger partial charge is 0.359 e. The van der Waals surface area contributed by atoms with Crippen LogP contribution in [0.15, 0.2) is 24.3 Å². The van der Waals surface area contributed by atoms with Gasteiger partial charge in [-0.05, 0) is 54.1 Å². The highest BCUT2D eigenvalue weighted by molar-refractivity contribution is 14.1. The van der Waals surface area contributed by atoms with E-state index in [2.05, 4.69) is 32.8 Å². The van der Waals surface area contributed by atoms with Crippen LogP contribution in [0.4, 0.5) is 0 Å². The molecule has 1 atom stereocenters. The summed E-state index contributed by atoms with van der Waals surface area (Å²) in [6, 6.07) is 7.61. The third-order valence-electron chi connectivity index (χ3n) is 3.66. The summed E-state index contributed by atoms with van der Waals surface area (Å²) in [6.45, 7) is 1.97. The quantitative estimate of drug-likeness (QED) is 0.636. The van der Waals surface area contributed by atoms with Gasteiger partial charge in [-0.1, -0.05) is 12.1 Å². The van der Waals surface area contributed by atoms with Crippen molar-refractivity contribution in [1.82, 2.24) is 10.2 Å². The second-order valence-electron chi connectivity index (χ2n) is 5.12. The van der Waals surface area contributed by atoms with Gasteiger partial charge in [0.05, 0.1) is 12.5 Å². The molecule has 4 nitrogen and oxygen atoms in total. The van der Waals surface area contributed by atoms with Gasteiger partial charge in [0.2, 0.25) is 5.91 Å². The van der Waals surface area contributed by atoms with Gasteiger partial charge in [-0.3, -0.25) is 14.5 Å². The van der Waals surface area contributed by atoms with Crippen LogP contribution in [0, 0.1) is 9.49 Å². The van der Waals surface area contributed by atoms with Gasteiger partial charge in [0.15, 0.2) is 5.78 Å². The maximum absolute atomic E-state index is 12.2. The summed E-state index contributed by atoms with van der Waals surface area (Å²) < 4.78 is 1.12. The number of likely N-dealkylation sites (tertiary alicyclic amines) is 1. The van der Waals surface area contributed by atoms with Gasteiger partial charge >= 0.3 is 0 Å². The smallest absolute Gasteiger partial charge is 0.224 e. The summed E-state index contributed by atoms with van der Waals surface area (Å²) in [5.41, 5.74) is 0.743. The Hall–Kier alpha value is -0.950. The first kappa shape index (κ1) is 15.4. The SMILES string of the molecule is CNC(=O)C1CCCN(CC(=O)c2ccc(I)cc2)C1. The Morgan fingerprint density at radius 3 is 2.70 bits per heavy atom. The Morgan fingerprint density at radius 2 is 2.05 bits per heavy atom. The number of carbonyl (C=O) groups is 2. The number of halogens is 1. The van der Waals surface area contributed by atoms with Crippen LogP contribution in [0.2, 0.25) is 0 Å². The van der Waals surface area contributed by atoms with E-state index >= 15 is 0 Å². The molecule has 1 amide bonds. The highest BCUT2D eigenvalue weighted by Gasteiger charge is 2.26. The summed E-state index contributed by atoms with van der Waals surface area (Å²) >= 11 is 2.22. The molecule has 1 N–H and O–H groups in total. The Kier molecular flexibility index (Phi) is 5.54. The molecule has 1 heterocycles. The van der Waals surface area contributed by atoms with Crippen molar-refractivity contribution in [2.24, 2.45) is 5.92 Å². The molecule has 1 aliphatic rings. The van der Waals surface area contributed by atoms with Crippen molar-refractivity contribution in [3.63, 3.8) is 0 Å². The van der Waals surface area contributed by atoms with E-state index in [0.29, 0.717) is 13.1 Å². The van der Waals surface area contributed by atoms with Crippen LogP contribution >= 0.6 is 22.6 Å².